The molecule has 0 radical (unpaired) electrons. The molecule has 1 rings (SSSR count). The first-order valence-corrected chi connectivity index (χ1v) is 6.34. The van der Waals surface area contributed by atoms with Crippen molar-refractivity contribution in [1.82, 2.24) is 10.2 Å². The van der Waals surface area contributed by atoms with Crippen molar-refractivity contribution in [2.45, 2.75) is 19.9 Å². The van der Waals surface area contributed by atoms with Crippen LogP contribution in [0.1, 0.15) is 35.8 Å². The maximum Gasteiger partial charge on any atom is 0.251 e. The van der Waals surface area contributed by atoms with Gasteiger partial charge in [-0.1, -0.05) is 26.0 Å². The standard InChI is InChI=1S/C14H22N2O2/c1-4-16(5-2)13(10-17)11-6-8-12(9-7-11)14(18)15-3/h6-9,13,17H,4-5,10H2,1-3H3,(H,15,18). The third kappa shape index (κ3) is 3.31. The number of rotatable bonds is 6. The summed E-state index contributed by atoms with van der Waals surface area (Å²) in [6.45, 7) is 6.01. The van der Waals surface area contributed by atoms with E-state index in [0.29, 0.717) is 5.56 Å². The van der Waals surface area contributed by atoms with Gasteiger partial charge in [0.1, 0.15) is 0 Å². The van der Waals surface area contributed by atoms with Crippen molar-refractivity contribution in [3.8, 4) is 0 Å². The first-order valence-electron chi connectivity index (χ1n) is 6.34. The van der Waals surface area contributed by atoms with Crippen LogP contribution in [-0.2, 0) is 0 Å². The van der Waals surface area contributed by atoms with E-state index in [9.17, 15) is 9.90 Å². The van der Waals surface area contributed by atoms with Gasteiger partial charge in [-0.05, 0) is 30.8 Å². The number of nitrogens with one attached hydrogen (secondary N) is 1. The third-order valence-corrected chi connectivity index (χ3v) is 3.21. The van der Waals surface area contributed by atoms with Gasteiger partial charge in [-0.2, -0.15) is 0 Å². The van der Waals surface area contributed by atoms with Gasteiger partial charge < -0.3 is 10.4 Å². The summed E-state index contributed by atoms with van der Waals surface area (Å²) >= 11 is 0. The Labute approximate surface area is 109 Å². The molecule has 1 aromatic carbocycles. The Bertz CT molecular complexity index is 372. The Morgan fingerprint density at radius 2 is 1.83 bits per heavy atom. The van der Waals surface area contributed by atoms with E-state index in [1.165, 1.54) is 0 Å². The second-order valence-electron chi connectivity index (χ2n) is 4.12. The Hall–Kier alpha value is -1.39. The predicted molar refractivity (Wildman–Crippen MR) is 72.6 cm³/mol. The van der Waals surface area contributed by atoms with Crippen molar-refractivity contribution in [2.75, 3.05) is 26.7 Å². The molecule has 0 aliphatic heterocycles. The summed E-state index contributed by atoms with van der Waals surface area (Å²) in [5, 5.41) is 12.1. The first kappa shape index (κ1) is 14.7. The zero-order chi connectivity index (χ0) is 13.5. The predicted octanol–water partition coefficient (Wildman–Crippen LogP) is 1.42. The average Bonchev–Trinajstić information content (AvgIpc) is 2.44. The number of aliphatic hydroxyl groups excluding tert-OH is 1. The van der Waals surface area contributed by atoms with Crippen molar-refractivity contribution >= 4 is 5.91 Å². The van der Waals surface area contributed by atoms with Crippen LogP contribution in [0, 0.1) is 0 Å². The van der Waals surface area contributed by atoms with Crippen molar-refractivity contribution in [3.05, 3.63) is 35.4 Å². The molecule has 1 atom stereocenters. The van der Waals surface area contributed by atoms with Crippen molar-refractivity contribution in [1.29, 1.82) is 0 Å². The topological polar surface area (TPSA) is 52.6 Å². The van der Waals surface area contributed by atoms with Gasteiger partial charge in [0.15, 0.2) is 0 Å². The first-order chi connectivity index (χ1) is 8.67. The third-order valence-electron chi connectivity index (χ3n) is 3.21. The molecule has 0 spiro atoms. The lowest BCUT2D eigenvalue weighted by Gasteiger charge is -2.28. The van der Waals surface area contributed by atoms with Gasteiger partial charge in [0.25, 0.3) is 5.91 Å². The van der Waals surface area contributed by atoms with Crippen LogP contribution in [0.5, 0.6) is 0 Å². The molecule has 0 saturated carbocycles. The summed E-state index contributed by atoms with van der Waals surface area (Å²) < 4.78 is 0. The Morgan fingerprint density at radius 3 is 2.22 bits per heavy atom. The number of likely N-dealkylation sites (N-methyl/N-ethyl adjacent to an activating group) is 1. The Morgan fingerprint density at radius 1 is 1.28 bits per heavy atom. The molecule has 0 heterocycles. The van der Waals surface area contributed by atoms with Crippen molar-refractivity contribution in [3.63, 3.8) is 0 Å². The molecule has 4 heteroatoms. The normalized spacial score (nSPS) is 12.5. The number of benzene rings is 1. The Balaban J connectivity index is 2.91. The monoisotopic (exact) mass is 250 g/mol. The van der Waals surface area contributed by atoms with Crippen LogP contribution in [0.15, 0.2) is 24.3 Å². The fourth-order valence-corrected chi connectivity index (χ4v) is 2.10. The molecule has 18 heavy (non-hydrogen) atoms. The molecule has 1 aromatic rings. The van der Waals surface area contributed by atoms with E-state index < -0.39 is 0 Å². The summed E-state index contributed by atoms with van der Waals surface area (Å²) in [5.41, 5.74) is 1.67. The lowest BCUT2D eigenvalue weighted by Crippen LogP contribution is -2.30. The fourth-order valence-electron chi connectivity index (χ4n) is 2.10. The van der Waals surface area contributed by atoms with Gasteiger partial charge in [0, 0.05) is 12.6 Å². The van der Waals surface area contributed by atoms with Crippen LogP contribution in [0.25, 0.3) is 0 Å². The number of aliphatic hydroxyl groups is 1. The minimum Gasteiger partial charge on any atom is -0.394 e. The summed E-state index contributed by atoms with van der Waals surface area (Å²) in [6.07, 6.45) is 0. The van der Waals surface area contributed by atoms with Crippen LogP contribution in [-0.4, -0.2) is 42.7 Å². The van der Waals surface area contributed by atoms with E-state index >= 15 is 0 Å². The van der Waals surface area contributed by atoms with Crippen molar-refractivity contribution in [2.24, 2.45) is 0 Å². The van der Waals surface area contributed by atoms with Gasteiger partial charge >= 0.3 is 0 Å². The molecule has 0 fully saturated rings. The highest BCUT2D eigenvalue weighted by atomic mass is 16.3. The van der Waals surface area contributed by atoms with Gasteiger partial charge in [-0.15, -0.1) is 0 Å². The van der Waals surface area contributed by atoms with E-state index in [4.69, 9.17) is 0 Å². The molecular formula is C14H22N2O2. The SMILES string of the molecule is CCN(CC)C(CO)c1ccc(C(=O)NC)cc1. The molecule has 1 unspecified atom stereocenters. The fraction of sp³-hybridized carbons (Fsp3) is 0.500. The smallest absolute Gasteiger partial charge is 0.251 e. The molecule has 0 bridgehead atoms. The molecule has 0 aromatic heterocycles. The number of hydrogen-bond acceptors (Lipinski definition) is 3. The number of carbonyl (C=O) groups is 1. The zero-order valence-corrected chi connectivity index (χ0v) is 11.3. The van der Waals surface area contributed by atoms with Crippen LogP contribution in [0.3, 0.4) is 0 Å². The van der Waals surface area contributed by atoms with Crippen LogP contribution >= 0.6 is 0 Å². The van der Waals surface area contributed by atoms with E-state index in [2.05, 4.69) is 24.1 Å². The molecule has 0 saturated heterocycles. The highest BCUT2D eigenvalue weighted by molar-refractivity contribution is 5.93. The highest BCUT2D eigenvalue weighted by Crippen LogP contribution is 2.20. The highest BCUT2D eigenvalue weighted by Gasteiger charge is 2.17. The molecule has 4 nitrogen and oxygen atoms in total. The number of carbonyl (C=O) groups excluding carboxylic acids is 1. The van der Waals surface area contributed by atoms with Gasteiger partial charge in [-0.3, -0.25) is 9.69 Å². The summed E-state index contributed by atoms with van der Waals surface area (Å²) in [6, 6.07) is 7.40. The molecule has 100 valence electrons. The molecular weight excluding hydrogens is 228 g/mol. The number of hydrogen-bond donors (Lipinski definition) is 2. The lowest BCUT2D eigenvalue weighted by molar-refractivity contribution is 0.0963. The largest absolute Gasteiger partial charge is 0.394 e. The zero-order valence-electron chi connectivity index (χ0n) is 11.3. The minimum absolute atomic E-state index is 0.00117. The number of nitrogens with zero attached hydrogens (tertiary/aromatic N) is 1. The van der Waals surface area contributed by atoms with Crippen molar-refractivity contribution < 1.29 is 9.90 Å². The van der Waals surface area contributed by atoms with Gasteiger partial charge in [-0.25, -0.2) is 0 Å². The van der Waals surface area contributed by atoms with Gasteiger partial charge in [0.05, 0.1) is 12.6 Å². The Kier molecular flexibility index (Phi) is 5.82. The van der Waals surface area contributed by atoms with E-state index in [1.807, 2.05) is 12.1 Å². The molecule has 0 aliphatic rings. The van der Waals surface area contributed by atoms with E-state index in [0.717, 1.165) is 18.7 Å². The van der Waals surface area contributed by atoms with Crippen LogP contribution < -0.4 is 5.32 Å². The van der Waals surface area contributed by atoms with E-state index in [-0.39, 0.29) is 18.6 Å². The minimum atomic E-state index is -0.0927. The molecule has 0 aliphatic carbocycles. The number of amides is 1. The second-order valence-corrected chi connectivity index (χ2v) is 4.12. The average molecular weight is 250 g/mol. The van der Waals surface area contributed by atoms with Crippen LogP contribution in [0.2, 0.25) is 0 Å². The summed E-state index contributed by atoms with van der Waals surface area (Å²) in [5.74, 6) is -0.0927. The van der Waals surface area contributed by atoms with Gasteiger partial charge in [0.2, 0.25) is 0 Å². The second kappa shape index (κ2) is 7.13. The van der Waals surface area contributed by atoms with E-state index in [1.54, 1.807) is 19.2 Å². The maximum atomic E-state index is 11.4. The van der Waals surface area contributed by atoms with Crippen LogP contribution in [0.4, 0.5) is 0 Å². The quantitative estimate of drug-likeness (QED) is 0.803. The maximum absolute atomic E-state index is 11.4. The molecule has 1 amide bonds. The molecule has 2 N–H and O–H groups in total. The summed E-state index contributed by atoms with van der Waals surface area (Å²) in [4.78, 5) is 13.6. The lowest BCUT2D eigenvalue weighted by atomic mass is 10.0. The summed E-state index contributed by atoms with van der Waals surface area (Å²) in [7, 11) is 1.61.